The Hall–Kier alpha value is -3.63. The Morgan fingerprint density at radius 3 is 2.26 bits per heavy atom. The van der Waals surface area contributed by atoms with E-state index >= 15 is 0 Å². The van der Waals surface area contributed by atoms with Crippen LogP contribution in [-0.2, 0) is 26.0 Å². The molecule has 0 saturated carbocycles. The summed E-state index contributed by atoms with van der Waals surface area (Å²) in [5.74, 6) is -2.80. The summed E-state index contributed by atoms with van der Waals surface area (Å²) in [6, 6.07) is 8.14. The number of urea groups is 1. The molecular formula is C23H16F6N3O5S2+. The number of thiocarbonyl (C=S) groups is 1. The van der Waals surface area contributed by atoms with E-state index < -0.39 is 59.8 Å². The van der Waals surface area contributed by atoms with Gasteiger partial charge < -0.3 is 0 Å². The molecule has 206 valence electrons. The average molecular weight is 593 g/mol. The molecule has 39 heavy (non-hydrogen) atoms. The van der Waals surface area contributed by atoms with Crippen molar-refractivity contribution in [1.82, 2.24) is 14.5 Å². The van der Waals surface area contributed by atoms with E-state index in [0.717, 1.165) is 4.90 Å². The number of pyridine rings is 1. The van der Waals surface area contributed by atoms with Crippen LogP contribution >= 0.6 is 12.2 Å². The van der Waals surface area contributed by atoms with Gasteiger partial charge in [0.15, 0.2) is 5.69 Å². The summed E-state index contributed by atoms with van der Waals surface area (Å²) in [6.07, 6.45) is -4.12. The summed E-state index contributed by atoms with van der Waals surface area (Å²) < 4.78 is 100. The van der Waals surface area contributed by atoms with Crippen molar-refractivity contribution in [3.8, 4) is 0 Å². The van der Waals surface area contributed by atoms with Crippen LogP contribution in [0.1, 0.15) is 12.5 Å². The molecule has 2 heterocycles. The quantitative estimate of drug-likeness (QED) is 0.228. The van der Waals surface area contributed by atoms with Gasteiger partial charge >= 0.3 is 23.7 Å². The van der Waals surface area contributed by atoms with Crippen molar-refractivity contribution < 1.29 is 49.2 Å². The summed E-state index contributed by atoms with van der Waals surface area (Å²) in [5.41, 5.74) is -5.20. The van der Waals surface area contributed by atoms with Crippen molar-refractivity contribution in [2.75, 3.05) is 0 Å². The van der Waals surface area contributed by atoms with E-state index in [9.17, 15) is 44.3 Å². The van der Waals surface area contributed by atoms with E-state index in [0.29, 0.717) is 40.7 Å². The van der Waals surface area contributed by atoms with Gasteiger partial charge in [0.1, 0.15) is 6.04 Å². The zero-order valence-corrected chi connectivity index (χ0v) is 21.2. The lowest BCUT2D eigenvalue weighted by atomic mass is 10.1. The fourth-order valence-corrected chi connectivity index (χ4v) is 5.15. The highest BCUT2D eigenvalue weighted by Gasteiger charge is 2.64. The van der Waals surface area contributed by atoms with Gasteiger partial charge in [-0.1, -0.05) is 18.2 Å². The Balaban J connectivity index is 1.83. The molecule has 0 bridgehead atoms. The minimum Gasteiger partial charge on any atom is -0.271 e. The molecule has 2 atom stereocenters. The number of fused-ring (bicyclic) bond motifs is 1. The van der Waals surface area contributed by atoms with Crippen LogP contribution in [0, 0.1) is 0 Å². The van der Waals surface area contributed by atoms with E-state index in [2.05, 4.69) is 9.82 Å². The number of hydrogen-bond acceptors (Lipinski definition) is 7. The van der Waals surface area contributed by atoms with Crippen LogP contribution in [-0.4, -0.2) is 53.0 Å². The van der Waals surface area contributed by atoms with Crippen LogP contribution in [0.2, 0.25) is 0 Å². The second kappa shape index (κ2) is 9.53. The monoisotopic (exact) mass is 592 g/mol. The molecule has 4 rings (SSSR count). The van der Waals surface area contributed by atoms with Crippen LogP contribution in [0.25, 0.3) is 10.9 Å². The first-order chi connectivity index (χ1) is 18.0. The molecule has 16 heteroatoms. The maximum Gasteiger partial charge on any atom is 0.501 e. The van der Waals surface area contributed by atoms with Gasteiger partial charge in [0.25, 0.3) is 14.8 Å². The fourth-order valence-electron chi connectivity index (χ4n) is 4.04. The number of amides is 2. The number of quaternary nitrogens is 1. The van der Waals surface area contributed by atoms with Crippen LogP contribution in [0.15, 0.2) is 65.7 Å². The van der Waals surface area contributed by atoms with Gasteiger partial charge in [0, 0.05) is 28.4 Å². The number of hydrogen-bond donors (Lipinski definition) is 0. The van der Waals surface area contributed by atoms with E-state index in [4.69, 9.17) is 12.2 Å². The normalized spacial score (nSPS) is 20.5. The first-order valence-electron chi connectivity index (χ1n) is 10.8. The van der Waals surface area contributed by atoms with Crippen molar-refractivity contribution in [3.05, 3.63) is 66.4 Å². The number of aromatic nitrogens is 1. The van der Waals surface area contributed by atoms with E-state index in [1.165, 1.54) is 13.1 Å². The first kappa shape index (κ1) is 28.4. The van der Waals surface area contributed by atoms with Crippen molar-refractivity contribution in [1.29, 1.82) is 0 Å². The van der Waals surface area contributed by atoms with Gasteiger partial charge in [-0.25, -0.2) is 22.8 Å². The lowest BCUT2D eigenvalue weighted by molar-refractivity contribution is -0.216. The maximum absolute atomic E-state index is 13.7. The van der Waals surface area contributed by atoms with Crippen molar-refractivity contribution in [2.24, 2.45) is 0 Å². The summed E-state index contributed by atoms with van der Waals surface area (Å²) >= 11 is 5.28. The smallest absolute Gasteiger partial charge is 0.271 e. The lowest BCUT2D eigenvalue weighted by Crippen LogP contribution is -2.57. The number of hydroxylamine groups is 2. The molecular weight excluding hydrogens is 576 g/mol. The highest BCUT2D eigenvalue weighted by Crippen LogP contribution is 2.39. The van der Waals surface area contributed by atoms with Gasteiger partial charge in [-0.3, -0.25) is 9.88 Å². The Labute approximate surface area is 221 Å². The van der Waals surface area contributed by atoms with Crippen LogP contribution in [0.4, 0.5) is 36.8 Å². The molecule has 1 unspecified atom stereocenters. The molecule has 8 nitrogen and oxygen atoms in total. The third kappa shape index (κ3) is 4.72. The van der Waals surface area contributed by atoms with Crippen LogP contribution < -0.4 is 4.65 Å². The summed E-state index contributed by atoms with van der Waals surface area (Å²) in [7, 11) is -5.82. The van der Waals surface area contributed by atoms with Crippen molar-refractivity contribution in [3.63, 3.8) is 0 Å². The molecule has 0 spiro atoms. The minimum atomic E-state index is -5.82. The molecule has 3 aromatic rings. The number of alkyl halides is 6. The Kier molecular flexibility index (Phi) is 6.94. The van der Waals surface area contributed by atoms with E-state index in [1.807, 2.05) is 0 Å². The van der Waals surface area contributed by atoms with Gasteiger partial charge in [-0.15, -0.1) is 0 Å². The Morgan fingerprint density at radius 2 is 1.67 bits per heavy atom. The Morgan fingerprint density at radius 1 is 1.05 bits per heavy atom. The summed E-state index contributed by atoms with van der Waals surface area (Å²) in [4.78, 5) is 33.8. The SMILES string of the molecule is C[C@H]1C(=S)[N+](OC(=O)C(F)(F)F)(c2ccc(S(=O)(=O)C(F)(F)F)cc2)C(=O)N1Cc1ccnc2ccccc12. The molecule has 2 amide bonds. The molecule has 1 fully saturated rings. The maximum atomic E-state index is 13.7. The van der Waals surface area contributed by atoms with E-state index in [-0.39, 0.29) is 6.54 Å². The molecule has 2 aromatic carbocycles. The first-order valence-corrected chi connectivity index (χ1v) is 12.7. The van der Waals surface area contributed by atoms with Gasteiger partial charge in [0.05, 0.1) is 17.0 Å². The van der Waals surface area contributed by atoms with Crippen LogP contribution in [0.3, 0.4) is 0 Å². The average Bonchev–Trinajstić information content (AvgIpc) is 3.04. The number of carbonyl (C=O) groups is 2. The van der Waals surface area contributed by atoms with Gasteiger partial charge in [-0.2, -0.15) is 26.3 Å². The summed E-state index contributed by atoms with van der Waals surface area (Å²) in [6.45, 7) is 1.15. The van der Waals surface area contributed by atoms with Crippen molar-refractivity contribution in [2.45, 2.75) is 36.1 Å². The Bertz CT molecular complexity index is 1590. The van der Waals surface area contributed by atoms with Crippen LogP contribution in [0.5, 0.6) is 0 Å². The molecule has 1 aliphatic heterocycles. The van der Waals surface area contributed by atoms with Gasteiger partial charge in [0.2, 0.25) is 0 Å². The molecule has 0 radical (unpaired) electrons. The predicted octanol–water partition coefficient (Wildman–Crippen LogP) is 5.21. The summed E-state index contributed by atoms with van der Waals surface area (Å²) in [5, 5.41) is 0.616. The topological polar surface area (TPSA) is 93.6 Å². The highest BCUT2D eigenvalue weighted by molar-refractivity contribution is 7.92. The number of rotatable bonds is 5. The number of sulfone groups is 1. The fraction of sp³-hybridized carbons (Fsp3) is 0.217. The second-order valence-corrected chi connectivity index (χ2v) is 10.7. The van der Waals surface area contributed by atoms with Crippen molar-refractivity contribution >= 4 is 55.6 Å². The molecule has 1 aromatic heterocycles. The highest BCUT2D eigenvalue weighted by atomic mass is 32.2. The number of halogens is 6. The van der Waals surface area contributed by atoms with E-state index in [1.54, 1.807) is 30.3 Å². The second-order valence-electron chi connectivity index (χ2n) is 8.34. The number of benzene rings is 2. The standard InChI is InChI=1S/C23H16F6N3O5S2/c1-13-19(38)32(37-20(33)22(24,25)26,15-6-8-16(9-7-15)39(35,36)23(27,28)29)21(34)31(13)12-14-10-11-30-18-5-3-2-4-17(14)18/h2-11,13H,12H2,1H3/q+1/t13-,32?/m0/s1. The molecule has 0 N–H and O–H groups in total. The number of para-hydroxylation sites is 1. The third-order valence-corrected chi connectivity index (χ3v) is 8.10. The zero-order valence-electron chi connectivity index (χ0n) is 19.5. The molecule has 0 aliphatic carbocycles. The number of nitrogens with zero attached hydrogens (tertiary/aromatic N) is 3. The predicted molar refractivity (Wildman–Crippen MR) is 128 cm³/mol. The molecule has 1 saturated heterocycles. The van der Waals surface area contributed by atoms with Gasteiger partial charge in [-0.05, 0) is 49.0 Å². The minimum absolute atomic E-state index is 0.215. The molecule has 1 aliphatic rings. The largest absolute Gasteiger partial charge is 0.501 e. The third-order valence-electron chi connectivity index (χ3n) is 6.00. The number of carbonyl (C=O) groups excluding carboxylic acids is 2. The zero-order chi connectivity index (χ0) is 29.0. The lowest BCUT2D eigenvalue weighted by Gasteiger charge is -2.26.